The van der Waals surface area contributed by atoms with Gasteiger partial charge < -0.3 is 34.7 Å². The van der Waals surface area contributed by atoms with E-state index >= 15 is 0 Å². The lowest BCUT2D eigenvalue weighted by Crippen LogP contribution is -2.38. The smallest absolute Gasteiger partial charge is 0.314 e. The summed E-state index contributed by atoms with van der Waals surface area (Å²) in [6.07, 6.45) is -0.309. The molecule has 8 heteroatoms. The van der Waals surface area contributed by atoms with Crippen LogP contribution in [0.4, 0.5) is 4.79 Å². The zero-order valence-corrected chi connectivity index (χ0v) is 17.2. The van der Waals surface area contributed by atoms with Gasteiger partial charge in [0, 0.05) is 18.7 Å². The number of aliphatic hydroxyl groups excluding tert-OH is 1. The molecule has 0 bridgehead atoms. The van der Waals surface area contributed by atoms with E-state index in [4.69, 9.17) is 18.9 Å². The first-order valence-corrected chi connectivity index (χ1v) is 9.15. The molecule has 2 aromatic carbocycles. The maximum Gasteiger partial charge on any atom is 0.314 e. The average Bonchev–Trinajstić information content (AvgIpc) is 2.76. The van der Waals surface area contributed by atoms with Crippen molar-refractivity contribution < 1.29 is 28.8 Å². The molecule has 0 fully saturated rings. The number of benzene rings is 2. The third-order valence-electron chi connectivity index (χ3n) is 4.40. The van der Waals surface area contributed by atoms with Gasteiger partial charge >= 0.3 is 6.03 Å². The summed E-state index contributed by atoms with van der Waals surface area (Å²) in [5, 5.41) is 15.8. The number of nitrogens with one attached hydrogen (secondary N) is 2. The Morgan fingerprint density at radius 3 is 2.24 bits per heavy atom. The Morgan fingerprint density at radius 2 is 1.59 bits per heavy atom. The number of carbonyl (C=O) groups is 1. The second-order valence-electron chi connectivity index (χ2n) is 6.20. The number of carbonyl (C=O) groups excluding carboxylic acids is 1. The minimum Gasteiger partial charge on any atom is -0.497 e. The molecule has 0 aromatic heterocycles. The molecule has 158 valence electrons. The Kier molecular flexibility index (Phi) is 8.42. The molecule has 8 nitrogen and oxygen atoms in total. The van der Waals surface area contributed by atoms with Crippen LogP contribution in [0.1, 0.15) is 17.2 Å². The van der Waals surface area contributed by atoms with E-state index in [1.165, 1.54) is 7.11 Å². The lowest BCUT2D eigenvalue weighted by Gasteiger charge is -2.17. The van der Waals surface area contributed by atoms with Crippen LogP contribution in [0.2, 0.25) is 0 Å². The van der Waals surface area contributed by atoms with E-state index in [0.29, 0.717) is 41.5 Å². The number of hydrogen-bond donors (Lipinski definition) is 3. The monoisotopic (exact) mass is 404 g/mol. The summed E-state index contributed by atoms with van der Waals surface area (Å²) in [4.78, 5) is 12.0. The molecule has 2 rings (SSSR count). The highest BCUT2D eigenvalue weighted by molar-refractivity contribution is 5.73. The van der Waals surface area contributed by atoms with Crippen LogP contribution in [-0.2, 0) is 6.42 Å². The number of aliphatic hydroxyl groups is 1. The maximum atomic E-state index is 12.0. The summed E-state index contributed by atoms with van der Waals surface area (Å²) < 4.78 is 20.9. The molecule has 0 saturated heterocycles. The summed E-state index contributed by atoms with van der Waals surface area (Å²) in [5.41, 5.74) is 1.54. The fraction of sp³-hybridized carbons (Fsp3) is 0.381. The van der Waals surface area contributed by atoms with Gasteiger partial charge in [0.1, 0.15) is 17.6 Å². The van der Waals surface area contributed by atoms with E-state index in [1.807, 2.05) is 18.2 Å². The molecular formula is C21H28N2O6. The zero-order chi connectivity index (χ0) is 21.2. The predicted octanol–water partition coefficient (Wildman–Crippen LogP) is 2.30. The molecular weight excluding hydrogens is 376 g/mol. The van der Waals surface area contributed by atoms with Crippen molar-refractivity contribution in [1.82, 2.24) is 10.6 Å². The minimum absolute atomic E-state index is 0.0335. The van der Waals surface area contributed by atoms with Crippen molar-refractivity contribution in [1.29, 1.82) is 0 Å². The van der Waals surface area contributed by atoms with Gasteiger partial charge in [-0.05, 0) is 42.3 Å². The van der Waals surface area contributed by atoms with E-state index in [9.17, 15) is 9.90 Å². The molecule has 1 unspecified atom stereocenters. The lowest BCUT2D eigenvalue weighted by molar-refractivity contribution is 0.169. The summed E-state index contributed by atoms with van der Waals surface area (Å²) in [6.45, 7) is 0.464. The fourth-order valence-electron chi connectivity index (χ4n) is 2.82. The van der Waals surface area contributed by atoms with E-state index in [2.05, 4.69) is 10.6 Å². The summed E-state index contributed by atoms with van der Waals surface area (Å²) in [7, 11) is 6.23. The number of urea groups is 1. The van der Waals surface area contributed by atoms with Gasteiger partial charge in [-0.3, -0.25) is 0 Å². The molecule has 0 aliphatic heterocycles. The molecule has 2 aromatic rings. The van der Waals surface area contributed by atoms with Crippen molar-refractivity contribution in [3.05, 3.63) is 47.5 Å². The first-order valence-electron chi connectivity index (χ1n) is 9.15. The number of methoxy groups -OCH3 is 4. The molecule has 0 spiro atoms. The Hall–Kier alpha value is -3.13. The number of ether oxygens (including phenoxy) is 4. The average molecular weight is 404 g/mol. The van der Waals surface area contributed by atoms with Crippen LogP contribution in [0.25, 0.3) is 0 Å². The highest BCUT2D eigenvalue weighted by atomic mass is 16.5. The molecule has 1 atom stereocenters. The van der Waals surface area contributed by atoms with Crippen molar-refractivity contribution in [2.45, 2.75) is 12.5 Å². The molecule has 0 radical (unpaired) electrons. The first-order chi connectivity index (χ1) is 14.0. The van der Waals surface area contributed by atoms with Crippen LogP contribution in [0.3, 0.4) is 0 Å². The molecule has 0 saturated carbocycles. The highest BCUT2D eigenvalue weighted by Crippen LogP contribution is 2.29. The predicted molar refractivity (Wildman–Crippen MR) is 109 cm³/mol. The van der Waals surface area contributed by atoms with Crippen molar-refractivity contribution in [3.8, 4) is 23.0 Å². The van der Waals surface area contributed by atoms with E-state index in [-0.39, 0.29) is 12.6 Å². The second-order valence-corrected chi connectivity index (χ2v) is 6.20. The fourth-order valence-corrected chi connectivity index (χ4v) is 2.82. The second kappa shape index (κ2) is 11.0. The van der Waals surface area contributed by atoms with Gasteiger partial charge in [-0.2, -0.15) is 0 Å². The van der Waals surface area contributed by atoms with Crippen LogP contribution >= 0.6 is 0 Å². The van der Waals surface area contributed by atoms with Gasteiger partial charge in [0.25, 0.3) is 0 Å². The van der Waals surface area contributed by atoms with Gasteiger partial charge in [-0.15, -0.1) is 0 Å². The number of rotatable bonds is 10. The van der Waals surface area contributed by atoms with Gasteiger partial charge in [-0.25, -0.2) is 4.79 Å². The lowest BCUT2D eigenvalue weighted by atomic mass is 10.1. The quantitative estimate of drug-likeness (QED) is 0.562. The maximum absolute atomic E-state index is 12.0. The van der Waals surface area contributed by atoms with Gasteiger partial charge in [-0.1, -0.05) is 6.07 Å². The molecule has 2 amide bonds. The van der Waals surface area contributed by atoms with Crippen molar-refractivity contribution >= 4 is 6.03 Å². The Balaban J connectivity index is 1.83. The summed E-state index contributed by atoms with van der Waals surface area (Å²) >= 11 is 0. The standard InChI is InChI=1S/C21H28N2O6/c1-26-15-6-8-18(27-2)16(12-15)17(24)13-23-21(25)22-10-9-14-5-7-19(28-3)20(11-14)29-4/h5-8,11-12,17,24H,9-10,13H2,1-4H3,(H2,22,23,25). The topological polar surface area (TPSA) is 98.3 Å². The first kappa shape index (κ1) is 22.2. The van der Waals surface area contributed by atoms with E-state index in [0.717, 1.165) is 5.56 Å². The van der Waals surface area contributed by atoms with Gasteiger partial charge in [0.05, 0.1) is 28.4 Å². The Bertz CT molecular complexity index is 812. The molecule has 0 aliphatic carbocycles. The normalized spacial score (nSPS) is 11.3. The summed E-state index contributed by atoms with van der Waals surface area (Å²) in [5.74, 6) is 2.42. The van der Waals surface area contributed by atoms with E-state index < -0.39 is 6.10 Å². The van der Waals surface area contributed by atoms with Crippen molar-refractivity contribution in [3.63, 3.8) is 0 Å². The Morgan fingerprint density at radius 1 is 0.897 bits per heavy atom. The van der Waals surface area contributed by atoms with Crippen LogP contribution in [0.15, 0.2) is 36.4 Å². The minimum atomic E-state index is -0.934. The largest absolute Gasteiger partial charge is 0.497 e. The number of hydrogen-bond acceptors (Lipinski definition) is 6. The van der Waals surface area contributed by atoms with Crippen LogP contribution < -0.4 is 29.6 Å². The SMILES string of the molecule is COc1ccc(OC)c(C(O)CNC(=O)NCCc2ccc(OC)c(OC)c2)c1. The highest BCUT2D eigenvalue weighted by Gasteiger charge is 2.15. The van der Waals surface area contributed by atoms with Crippen LogP contribution in [0.5, 0.6) is 23.0 Å². The molecule has 0 heterocycles. The third kappa shape index (κ3) is 6.18. The van der Waals surface area contributed by atoms with E-state index in [1.54, 1.807) is 39.5 Å². The van der Waals surface area contributed by atoms with Gasteiger partial charge in [0.15, 0.2) is 11.5 Å². The number of amides is 2. The third-order valence-corrected chi connectivity index (χ3v) is 4.40. The summed E-state index contributed by atoms with van der Waals surface area (Å²) in [6, 6.07) is 10.4. The van der Waals surface area contributed by atoms with Crippen molar-refractivity contribution in [2.24, 2.45) is 0 Å². The molecule has 29 heavy (non-hydrogen) atoms. The zero-order valence-electron chi connectivity index (χ0n) is 17.2. The Labute approximate surface area is 170 Å². The molecule has 3 N–H and O–H groups in total. The molecule has 0 aliphatic rings. The van der Waals surface area contributed by atoms with Crippen LogP contribution in [-0.4, -0.2) is 52.7 Å². The van der Waals surface area contributed by atoms with Crippen LogP contribution in [0, 0.1) is 0 Å². The van der Waals surface area contributed by atoms with Gasteiger partial charge in [0.2, 0.25) is 0 Å². The van der Waals surface area contributed by atoms with Crippen molar-refractivity contribution in [2.75, 3.05) is 41.5 Å².